The van der Waals surface area contributed by atoms with Crippen molar-refractivity contribution in [2.45, 2.75) is 12.8 Å². The average Bonchev–Trinajstić information content (AvgIpc) is 2.40. The summed E-state index contributed by atoms with van der Waals surface area (Å²) in [7, 11) is 0. The van der Waals surface area contributed by atoms with E-state index in [0.717, 1.165) is 25.9 Å². The lowest BCUT2D eigenvalue weighted by molar-refractivity contribution is -0.144. The smallest absolute Gasteiger partial charge is 0.311 e. The molecule has 4 N–H and O–H groups in total. The lowest BCUT2D eigenvalue weighted by Crippen LogP contribution is -2.32. The number of carboxylic acid groups (broad SMARTS) is 1. The second-order valence-electron chi connectivity index (χ2n) is 3.98. The van der Waals surface area contributed by atoms with Gasteiger partial charge in [0.15, 0.2) is 0 Å². The summed E-state index contributed by atoms with van der Waals surface area (Å²) in [5, 5.41) is 12.2. The van der Waals surface area contributed by atoms with Crippen LogP contribution >= 0.6 is 0 Å². The van der Waals surface area contributed by atoms with Gasteiger partial charge >= 0.3 is 5.97 Å². The van der Waals surface area contributed by atoms with Crippen LogP contribution in [0.25, 0.3) is 0 Å². The summed E-state index contributed by atoms with van der Waals surface area (Å²) >= 11 is 0. The fourth-order valence-corrected chi connectivity index (χ4v) is 2.51. The molecule has 1 heterocycles. The number of nitrogens with two attached hydrogens (primary N) is 1. The first-order chi connectivity index (χ1) is 5.67. The molecule has 2 fully saturated rings. The van der Waals surface area contributed by atoms with Crippen LogP contribution in [0.15, 0.2) is 0 Å². The normalized spacial score (nSPS) is 45.1. The van der Waals surface area contributed by atoms with Gasteiger partial charge in [0.2, 0.25) is 0 Å². The second kappa shape index (κ2) is 2.20. The molecule has 0 amide bonds. The number of hydrogen-bond acceptors (Lipinski definition) is 3. The summed E-state index contributed by atoms with van der Waals surface area (Å²) in [6.07, 6.45) is 1.73. The molecule has 68 valence electrons. The molecule has 1 saturated heterocycles. The van der Waals surface area contributed by atoms with Gasteiger partial charge in [0.1, 0.15) is 0 Å². The van der Waals surface area contributed by atoms with Gasteiger partial charge in [0.25, 0.3) is 0 Å². The molecule has 2 unspecified atom stereocenters. The second-order valence-corrected chi connectivity index (χ2v) is 3.98. The maximum absolute atomic E-state index is 11.0. The highest BCUT2D eigenvalue weighted by molar-refractivity contribution is 5.80. The van der Waals surface area contributed by atoms with Crippen molar-refractivity contribution in [3.8, 4) is 0 Å². The van der Waals surface area contributed by atoms with E-state index in [4.69, 9.17) is 10.8 Å². The van der Waals surface area contributed by atoms with Crippen molar-refractivity contribution in [2.75, 3.05) is 19.6 Å². The van der Waals surface area contributed by atoms with Crippen LogP contribution in [0, 0.1) is 10.8 Å². The molecule has 0 aromatic carbocycles. The highest BCUT2D eigenvalue weighted by Crippen LogP contribution is 2.66. The molecule has 0 aromatic heterocycles. The Hall–Kier alpha value is -0.610. The van der Waals surface area contributed by atoms with E-state index in [9.17, 15) is 4.79 Å². The van der Waals surface area contributed by atoms with E-state index in [0.29, 0.717) is 0 Å². The molecule has 0 radical (unpaired) electrons. The summed E-state index contributed by atoms with van der Waals surface area (Å²) < 4.78 is 0. The highest BCUT2D eigenvalue weighted by Gasteiger charge is 2.71. The quantitative estimate of drug-likeness (QED) is 0.517. The molecular weight excluding hydrogens is 156 g/mol. The van der Waals surface area contributed by atoms with E-state index in [1.807, 2.05) is 0 Å². The number of hydrogen-bond donors (Lipinski definition) is 3. The van der Waals surface area contributed by atoms with Gasteiger partial charge in [-0.1, -0.05) is 0 Å². The van der Waals surface area contributed by atoms with Crippen LogP contribution in [0.5, 0.6) is 0 Å². The summed E-state index contributed by atoms with van der Waals surface area (Å²) in [6.45, 7) is 2.05. The molecule has 12 heavy (non-hydrogen) atoms. The maximum Gasteiger partial charge on any atom is 0.311 e. The zero-order valence-electron chi connectivity index (χ0n) is 6.97. The Bertz CT molecular complexity index is 223. The van der Waals surface area contributed by atoms with Crippen LogP contribution < -0.4 is 11.1 Å². The number of aliphatic carboxylic acids is 1. The predicted octanol–water partition coefficient (Wildman–Crippen LogP) is -0.601. The van der Waals surface area contributed by atoms with Gasteiger partial charge in [-0.3, -0.25) is 4.79 Å². The molecular formula is C8H14N2O2. The molecule has 4 heteroatoms. The minimum absolute atomic E-state index is 0.00637. The third-order valence-corrected chi connectivity index (χ3v) is 3.53. The van der Waals surface area contributed by atoms with E-state index in [1.54, 1.807) is 0 Å². The van der Waals surface area contributed by atoms with Gasteiger partial charge in [0, 0.05) is 18.5 Å². The Morgan fingerprint density at radius 3 is 2.75 bits per heavy atom. The van der Waals surface area contributed by atoms with Crippen LogP contribution in [0.4, 0.5) is 0 Å². The van der Waals surface area contributed by atoms with Gasteiger partial charge in [-0.25, -0.2) is 0 Å². The highest BCUT2D eigenvalue weighted by atomic mass is 16.4. The first-order valence-electron chi connectivity index (χ1n) is 4.31. The monoisotopic (exact) mass is 170 g/mol. The van der Waals surface area contributed by atoms with Gasteiger partial charge < -0.3 is 16.2 Å². The van der Waals surface area contributed by atoms with Crippen molar-refractivity contribution in [1.29, 1.82) is 0 Å². The van der Waals surface area contributed by atoms with Gasteiger partial charge in [-0.05, 0) is 19.4 Å². The molecule has 1 aliphatic carbocycles. The Balaban J connectivity index is 2.20. The molecule has 1 saturated carbocycles. The Labute approximate surface area is 71.1 Å². The van der Waals surface area contributed by atoms with Crippen LogP contribution in [-0.4, -0.2) is 30.7 Å². The Morgan fingerprint density at radius 2 is 2.42 bits per heavy atom. The first kappa shape index (κ1) is 8.01. The van der Waals surface area contributed by atoms with Gasteiger partial charge in [-0.2, -0.15) is 0 Å². The third-order valence-electron chi connectivity index (χ3n) is 3.53. The van der Waals surface area contributed by atoms with E-state index < -0.39 is 11.4 Å². The maximum atomic E-state index is 11.0. The summed E-state index contributed by atoms with van der Waals surface area (Å²) in [4.78, 5) is 11.0. The fraction of sp³-hybridized carbons (Fsp3) is 0.875. The van der Waals surface area contributed by atoms with E-state index in [-0.39, 0.29) is 12.0 Å². The SMILES string of the molecule is NCC1(C(=O)O)CC12CCNC2. The number of carboxylic acids is 1. The molecule has 0 bridgehead atoms. The van der Waals surface area contributed by atoms with Gasteiger partial charge in [0.05, 0.1) is 5.41 Å². The Kier molecular flexibility index (Phi) is 1.47. The van der Waals surface area contributed by atoms with Crippen molar-refractivity contribution in [3.05, 3.63) is 0 Å². The number of nitrogens with one attached hydrogen (secondary N) is 1. The van der Waals surface area contributed by atoms with E-state index >= 15 is 0 Å². The fourth-order valence-electron chi connectivity index (χ4n) is 2.51. The summed E-state index contributed by atoms with van der Waals surface area (Å²) in [5.74, 6) is -0.714. The summed E-state index contributed by atoms with van der Waals surface area (Å²) in [5.41, 5.74) is 4.91. The molecule has 2 aliphatic rings. The molecule has 1 aliphatic heterocycles. The topological polar surface area (TPSA) is 75.4 Å². The van der Waals surface area contributed by atoms with Crippen molar-refractivity contribution < 1.29 is 9.90 Å². The van der Waals surface area contributed by atoms with Crippen molar-refractivity contribution in [1.82, 2.24) is 5.32 Å². The molecule has 4 nitrogen and oxygen atoms in total. The average molecular weight is 170 g/mol. The zero-order chi connectivity index (χ0) is 8.82. The molecule has 2 rings (SSSR count). The first-order valence-corrected chi connectivity index (χ1v) is 4.31. The zero-order valence-corrected chi connectivity index (χ0v) is 6.97. The van der Waals surface area contributed by atoms with E-state index in [2.05, 4.69) is 5.32 Å². The van der Waals surface area contributed by atoms with Crippen LogP contribution in [0.1, 0.15) is 12.8 Å². The lowest BCUT2D eigenvalue weighted by atomic mass is 9.92. The summed E-state index contributed by atoms with van der Waals surface area (Å²) in [6, 6.07) is 0. The Morgan fingerprint density at radius 1 is 1.67 bits per heavy atom. The third kappa shape index (κ3) is 0.716. The largest absolute Gasteiger partial charge is 0.481 e. The lowest BCUT2D eigenvalue weighted by Gasteiger charge is -2.14. The van der Waals surface area contributed by atoms with Gasteiger partial charge in [-0.15, -0.1) is 0 Å². The molecule has 1 spiro atoms. The minimum Gasteiger partial charge on any atom is -0.481 e. The van der Waals surface area contributed by atoms with Crippen LogP contribution in [0.3, 0.4) is 0 Å². The number of rotatable bonds is 2. The standard InChI is InChI=1S/C8H14N2O2/c9-4-8(6(11)12)3-7(8)1-2-10-5-7/h10H,1-5,9H2,(H,11,12). The molecule has 2 atom stereocenters. The van der Waals surface area contributed by atoms with E-state index in [1.165, 1.54) is 0 Å². The number of carbonyl (C=O) groups is 1. The predicted molar refractivity (Wildman–Crippen MR) is 43.7 cm³/mol. The molecule has 0 aromatic rings. The van der Waals surface area contributed by atoms with Crippen LogP contribution in [-0.2, 0) is 4.79 Å². The van der Waals surface area contributed by atoms with Crippen molar-refractivity contribution >= 4 is 5.97 Å². The minimum atomic E-state index is -0.714. The van der Waals surface area contributed by atoms with Crippen molar-refractivity contribution in [3.63, 3.8) is 0 Å². The van der Waals surface area contributed by atoms with Crippen molar-refractivity contribution in [2.24, 2.45) is 16.6 Å². The van der Waals surface area contributed by atoms with Crippen LogP contribution in [0.2, 0.25) is 0 Å².